The molecule has 3 heteroatoms. The summed E-state index contributed by atoms with van der Waals surface area (Å²) in [7, 11) is -0.830. The zero-order valence-corrected chi connectivity index (χ0v) is 13.0. The number of rotatable bonds is 6. The van der Waals surface area contributed by atoms with Crippen molar-refractivity contribution < 1.29 is 4.21 Å². The molecule has 2 nitrogen and oxygen atoms in total. The molecule has 0 spiro atoms. The zero-order chi connectivity index (χ0) is 14.5. The second kappa shape index (κ2) is 7.00. The van der Waals surface area contributed by atoms with Crippen molar-refractivity contribution >= 4 is 21.6 Å². The lowest BCUT2D eigenvalue weighted by Crippen LogP contribution is -2.20. The Balaban J connectivity index is 2.03. The Bertz CT molecular complexity index is 594. The maximum atomic E-state index is 12.0. The first-order valence-electron chi connectivity index (χ1n) is 7.15. The van der Waals surface area contributed by atoms with E-state index in [0.29, 0.717) is 11.7 Å². The monoisotopic (exact) mass is 289 g/mol. The van der Waals surface area contributed by atoms with Crippen molar-refractivity contribution in [2.45, 2.75) is 26.3 Å². The standard InChI is InChI=1S/C17H23NOS/c1-13(2)9-10-20(19)12-17(18)16-8-7-14-5-3-4-6-15(14)11-16/h3-8,11,13,17H,9-10,12,18H2,1-2H3. The second-order valence-corrected chi connectivity index (χ2v) is 7.33. The van der Waals surface area contributed by atoms with Crippen LogP contribution < -0.4 is 5.73 Å². The van der Waals surface area contributed by atoms with Crippen molar-refractivity contribution in [2.24, 2.45) is 11.7 Å². The molecule has 0 radical (unpaired) electrons. The van der Waals surface area contributed by atoms with Gasteiger partial charge in [-0.15, -0.1) is 0 Å². The van der Waals surface area contributed by atoms with Crippen LogP contribution in [0.1, 0.15) is 31.9 Å². The molecular weight excluding hydrogens is 266 g/mol. The predicted octanol–water partition coefficient (Wildman–Crippen LogP) is 3.63. The van der Waals surface area contributed by atoms with Gasteiger partial charge in [-0.1, -0.05) is 50.2 Å². The molecule has 2 aromatic rings. The van der Waals surface area contributed by atoms with Gasteiger partial charge in [0.05, 0.1) is 0 Å². The van der Waals surface area contributed by atoms with Crippen LogP contribution in [0.15, 0.2) is 42.5 Å². The normalized spacial score (nSPS) is 14.6. The molecule has 108 valence electrons. The highest BCUT2D eigenvalue weighted by Crippen LogP contribution is 2.20. The van der Waals surface area contributed by atoms with E-state index < -0.39 is 10.8 Å². The van der Waals surface area contributed by atoms with Crippen LogP contribution in [0.5, 0.6) is 0 Å². The molecule has 0 aromatic heterocycles. The molecule has 0 bridgehead atoms. The van der Waals surface area contributed by atoms with Gasteiger partial charge >= 0.3 is 0 Å². The van der Waals surface area contributed by atoms with E-state index >= 15 is 0 Å². The Morgan fingerprint density at radius 2 is 1.80 bits per heavy atom. The van der Waals surface area contributed by atoms with E-state index in [-0.39, 0.29) is 6.04 Å². The van der Waals surface area contributed by atoms with E-state index in [9.17, 15) is 4.21 Å². The average molecular weight is 289 g/mol. The molecule has 0 amide bonds. The summed E-state index contributed by atoms with van der Waals surface area (Å²) in [6, 6.07) is 14.3. The summed E-state index contributed by atoms with van der Waals surface area (Å²) in [5.74, 6) is 1.89. The molecular formula is C17H23NOS. The molecule has 2 aromatic carbocycles. The molecule has 0 aliphatic carbocycles. The summed E-state index contributed by atoms with van der Waals surface area (Å²) in [6.45, 7) is 4.31. The number of hydrogen-bond acceptors (Lipinski definition) is 2. The lowest BCUT2D eigenvalue weighted by atomic mass is 10.0. The van der Waals surface area contributed by atoms with Crippen LogP contribution in [0.3, 0.4) is 0 Å². The van der Waals surface area contributed by atoms with Crippen molar-refractivity contribution in [2.75, 3.05) is 11.5 Å². The summed E-state index contributed by atoms with van der Waals surface area (Å²) in [4.78, 5) is 0. The van der Waals surface area contributed by atoms with E-state index in [1.165, 1.54) is 10.8 Å². The third-order valence-electron chi connectivity index (χ3n) is 3.49. The summed E-state index contributed by atoms with van der Waals surface area (Å²) in [6.07, 6.45) is 0.997. The van der Waals surface area contributed by atoms with E-state index in [1.54, 1.807) is 0 Å². The largest absolute Gasteiger partial charge is 0.323 e. The fourth-order valence-corrected chi connectivity index (χ4v) is 3.68. The fourth-order valence-electron chi connectivity index (χ4n) is 2.19. The van der Waals surface area contributed by atoms with Crippen LogP contribution in [-0.2, 0) is 10.8 Å². The van der Waals surface area contributed by atoms with Crippen molar-refractivity contribution in [3.8, 4) is 0 Å². The van der Waals surface area contributed by atoms with Gasteiger partial charge in [0.25, 0.3) is 0 Å². The first-order valence-corrected chi connectivity index (χ1v) is 8.64. The second-order valence-electron chi connectivity index (χ2n) is 5.71. The first-order chi connectivity index (χ1) is 9.56. The minimum Gasteiger partial charge on any atom is -0.323 e. The maximum Gasteiger partial charge on any atom is 0.0428 e. The molecule has 2 atom stereocenters. The van der Waals surface area contributed by atoms with E-state index in [4.69, 9.17) is 5.73 Å². The van der Waals surface area contributed by atoms with Gasteiger partial charge in [-0.2, -0.15) is 0 Å². The third kappa shape index (κ3) is 4.15. The Hall–Kier alpha value is -1.19. The molecule has 2 rings (SSSR count). The lowest BCUT2D eigenvalue weighted by molar-refractivity contribution is 0.617. The highest BCUT2D eigenvalue weighted by Gasteiger charge is 2.11. The zero-order valence-electron chi connectivity index (χ0n) is 12.2. The topological polar surface area (TPSA) is 43.1 Å². The average Bonchev–Trinajstić information content (AvgIpc) is 2.44. The molecule has 0 aliphatic heterocycles. The maximum absolute atomic E-state index is 12.0. The summed E-state index contributed by atoms with van der Waals surface area (Å²) >= 11 is 0. The SMILES string of the molecule is CC(C)CCS(=O)CC(N)c1ccc2ccccc2c1. The lowest BCUT2D eigenvalue weighted by Gasteiger charge is -2.13. The molecule has 2 N–H and O–H groups in total. The van der Waals surface area contributed by atoms with Crippen molar-refractivity contribution in [3.63, 3.8) is 0 Å². The van der Waals surface area contributed by atoms with Gasteiger partial charge < -0.3 is 5.73 Å². The Morgan fingerprint density at radius 1 is 1.10 bits per heavy atom. The van der Waals surface area contributed by atoms with E-state index in [2.05, 4.69) is 38.1 Å². The minimum absolute atomic E-state index is 0.146. The van der Waals surface area contributed by atoms with Gasteiger partial charge in [0.15, 0.2) is 0 Å². The quantitative estimate of drug-likeness (QED) is 0.882. The number of fused-ring (bicyclic) bond motifs is 1. The van der Waals surface area contributed by atoms with Crippen LogP contribution in [-0.4, -0.2) is 15.7 Å². The van der Waals surface area contributed by atoms with E-state index in [0.717, 1.165) is 17.7 Å². The third-order valence-corrected chi connectivity index (χ3v) is 4.91. The molecule has 0 heterocycles. The minimum atomic E-state index is -0.830. The van der Waals surface area contributed by atoms with Crippen molar-refractivity contribution in [1.82, 2.24) is 0 Å². The molecule has 0 fully saturated rings. The van der Waals surface area contributed by atoms with Crippen molar-refractivity contribution in [3.05, 3.63) is 48.0 Å². The Morgan fingerprint density at radius 3 is 2.50 bits per heavy atom. The molecule has 0 aliphatic rings. The van der Waals surface area contributed by atoms with Crippen LogP contribution in [0.25, 0.3) is 10.8 Å². The highest BCUT2D eigenvalue weighted by molar-refractivity contribution is 7.85. The smallest absolute Gasteiger partial charge is 0.0428 e. The number of benzene rings is 2. The fraction of sp³-hybridized carbons (Fsp3) is 0.412. The first kappa shape index (κ1) is 15.2. The van der Waals surface area contributed by atoms with Crippen LogP contribution >= 0.6 is 0 Å². The highest BCUT2D eigenvalue weighted by atomic mass is 32.2. The molecule has 0 saturated heterocycles. The predicted molar refractivity (Wildman–Crippen MR) is 88.2 cm³/mol. The van der Waals surface area contributed by atoms with Crippen LogP contribution in [0, 0.1) is 5.92 Å². The molecule has 0 saturated carbocycles. The summed E-state index contributed by atoms with van der Waals surface area (Å²) in [5.41, 5.74) is 7.27. The Labute approximate surface area is 123 Å². The van der Waals surface area contributed by atoms with Gasteiger partial charge in [-0.05, 0) is 34.7 Å². The van der Waals surface area contributed by atoms with Crippen LogP contribution in [0.2, 0.25) is 0 Å². The number of hydrogen-bond donors (Lipinski definition) is 1. The van der Waals surface area contributed by atoms with Gasteiger partial charge in [0.1, 0.15) is 0 Å². The van der Waals surface area contributed by atoms with Crippen LogP contribution in [0.4, 0.5) is 0 Å². The van der Waals surface area contributed by atoms with E-state index in [1.807, 2.05) is 18.2 Å². The summed E-state index contributed by atoms with van der Waals surface area (Å²) < 4.78 is 12.0. The number of nitrogens with two attached hydrogens (primary N) is 1. The molecule has 2 unspecified atom stereocenters. The summed E-state index contributed by atoms with van der Waals surface area (Å²) in [5, 5.41) is 2.40. The molecule has 20 heavy (non-hydrogen) atoms. The van der Waals surface area contributed by atoms with Crippen molar-refractivity contribution in [1.29, 1.82) is 0 Å². The van der Waals surface area contributed by atoms with Gasteiger partial charge in [0.2, 0.25) is 0 Å². The van der Waals surface area contributed by atoms with Gasteiger partial charge in [-0.3, -0.25) is 4.21 Å². The van der Waals surface area contributed by atoms with Gasteiger partial charge in [0, 0.05) is 28.3 Å². The van der Waals surface area contributed by atoms with Gasteiger partial charge in [-0.25, -0.2) is 0 Å². The Kier molecular flexibility index (Phi) is 5.32.